The third kappa shape index (κ3) is 4.38. The first-order valence-electron chi connectivity index (χ1n) is 8.52. The van der Waals surface area contributed by atoms with Crippen molar-refractivity contribution in [1.82, 2.24) is 25.1 Å². The Kier molecular flexibility index (Phi) is 6.07. The fourth-order valence-electron chi connectivity index (χ4n) is 2.61. The highest BCUT2D eigenvalue weighted by Gasteiger charge is 2.12. The van der Waals surface area contributed by atoms with Crippen molar-refractivity contribution in [2.24, 2.45) is 0 Å². The molecular formula is C17H19N7O4. The lowest BCUT2D eigenvalue weighted by Gasteiger charge is -2.07. The summed E-state index contributed by atoms with van der Waals surface area (Å²) in [6.07, 6.45) is 3.10. The van der Waals surface area contributed by atoms with Crippen LogP contribution in [0.5, 0.6) is 0 Å². The van der Waals surface area contributed by atoms with Crippen LogP contribution >= 0.6 is 0 Å². The van der Waals surface area contributed by atoms with Gasteiger partial charge in [0.15, 0.2) is 5.65 Å². The van der Waals surface area contributed by atoms with Crippen molar-refractivity contribution in [3.63, 3.8) is 0 Å². The first-order chi connectivity index (χ1) is 13.6. The Bertz CT molecular complexity index is 989. The molecule has 3 aromatic rings. The van der Waals surface area contributed by atoms with Gasteiger partial charge in [-0.25, -0.2) is 14.6 Å². The number of carbonyl (C=O) groups excluding carboxylic acids is 1. The molecule has 1 aromatic carbocycles. The number of ether oxygens (including phenoxy) is 1. The lowest BCUT2D eigenvalue weighted by atomic mass is 10.2. The molecule has 0 bridgehead atoms. The van der Waals surface area contributed by atoms with Gasteiger partial charge in [0.05, 0.1) is 29.7 Å². The summed E-state index contributed by atoms with van der Waals surface area (Å²) in [5.74, 6) is 0.269. The summed E-state index contributed by atoms with van der Waals surface area (Å²) in [7, 11) is 1.62. The van der Waals surface area contributed by atoms with Crippen molar-refractivity contribution >= 4 is 28.4 Å². The number of aromatic nitrogens is 4. The highest BCUT2D eigenvalue weighted by molar-refractivity contribution is 5.94. The molecule has 28 heavy (non-hydrogen) atoms. The SMILES string of the molecule is COCCNc1ncnc2c1cnn2CCNC(=O)c1cccc([N+](=O)[O-])c1. The van der Waals surface area contributed by atoms with Gasteiger partial charge in [-0.15, -0.1) is 0 Å². The fourth-order valence-corrected chi connectivity index (χ4v) is 2.61. The number of hydrogen-bond donors (Lipinski definition) is 2. The van der Waals surface area contributed by atoms with E-state index in [1.165, 1.54) is 30.6 Å². The first-order valence-corrected chi connectivity index (χ1v) is 8.52. The van der Waals surface area contributed by atoms with Crippen LogP contribution in [0.3, 0.4) is 0 Å². The number of rotatable bonds is 9. The monoisotopic (exact) mass is 385 g/mol. The summed E-state index contributed by atoms with van der Waals surface area (Å²) in [4.78, 5) is 30.9. The zero-order valence-corrected chi connectivity index (χ0v) is 15.2. The van der Waals surface area contributed by atoms with Gasteiger partial charge in [0.2, 0.25) is 0 Å². The van der Waals surface area contributed by atoms with Crippen LogP contribution < -0.4 is 10.6 Å². The number of non-ortho nitro benzene ring substituents is 1. The summed E-state index contributed by atoms with van der Waals surface area (Å²) in [5.41, 5.74) is 0.738. The van der Waals surface area contributed by atoms with Crippen LogP contribution in [0.25, 0.3) is 11.0 Å². The molecule has 0 fully saturated rings. The molecule has 0 aliphatic rings. The zero-order valence-electron chi connectivity index (χ0n) is 15.2. The predicted octanol–water partition coefficient (Wildman–Crippen LogP) is 1.22. The maximum absolute atomic E-state index is 12.2. The number of amides is 1. The summed E-state index contributed by atoms with van der Waals surface area (Å²) in [6, 6.07) is 5.58. The van der Waals surface area contributed by atoms with Gasteiger partial charge < -0.3 is 15.4 Å². The summed E-state index contributed by atoms with van der Waals surface area (Å²) in [6.45, 7) is 1.82. The summed E-state index contributed by atoms with van der Waals surface area (Å²) >= 11 is 0. The van der Waals surface area contributed by atoms with E-state index in [1.807, 2.05) is 0 Å². The van der Waals surface area contributed by atoms with Crippen LogP contribution in [0.1, 0.15) is 10.4 Å². The Morgan fingerprint density at radius 3 is 2.96 bits per heavy atom. The molecule has 0 aliphatic heterocycles. The van der Waals surface area contributed by atoms with Crippen LogP contribution in [-0.2, 0) is 11.3 Å². The molecule has 0 radical (unpaired) electrons. The number of carbonyl (C=O) groups is 1. The molecule has 146 valence electrons. The zero-order chi connectivity index (χ0) is 19.9. The number of nitrogens with one attached hydrogen (secondary N) is 2. The Morgan fingerprint density at radius 2 is 2.18 bits per heavy atom. The molecule has 0 spiro atoms. The molecule has 1 amide bonds. The van der Waals surface area contributed by atoms with E-state index in [0.29, 0.717) is 31.2 Å². The molecule has 0 atom stereocenters. The largest absolute Gasteiger partial charge is 0.383 e. The van der Waals surface area contributed by atoms with E-state index in [0.717, 1.165) is 5.39 Å². The molecule has 0 saturated heterocycles. The van der Waals surface area contributed by atoms with Gasteiger partial charge in [-0.3, -0.25) is 14.9 Å². The maximum Gasteiger partial charge on any atom is 0.270 e. The van der Waals surface area contributed by atoms with Crippen LogP contribution in [0.15, 0.2) is 36.8 Å². The molecule has 11 nitrogen and oxygen atoms in total. The standard InChI is InChI=1S/C17H19N7O4/c1-28-8-6-18-15-14-10-22-23(16(14)21-11-20-15)7-5-19-17(25)12-3-2-4-13(9-12)24(26)27/h2-4,9-11H,5-8H2,1H3,(H,19,25)(H,18,20,21). The minimum absolute atomic E-state index is 0.129. The molecule has 2 aromatic heterocycles. The predicted molar refractivity (Wildman–Crippen MR) is 101 cm³/mol. The van der Waals surface area contributed by atoms with Crippen molar-refractivity contribution in [2.45, 2.75) is 6.54 Å². The van der Waals surface area contributed by atoms with E-state index in [9.17, 15) is 14.9 Å². The van der Waals surface area contributed by atoms with E-state index >= 15 is 0 Å². The third-order valence-electron chi connectivity index (χ3n) is 3.96. The minimum Gasteiger partial charge on any atom is -0.383 e. The fraction of sp³-hybridized carbons (Fsp3) is 0.294. The lowest BCUT2D eigenvalue weighted by molar-refractivity contribution is -0.384. The molecule has 2 N–H and O–H groups in total. The van der Waals surface area contributed by atoms with Crippen molar-refractivity contribution in [2.75, 3.05) is 32.1 Å². The molecule has 11 heteroatoms. The van der Waals surface area contributed by atoms with E-state index < -0.39 is 10.8 Å². The van der Waals surface area contributed by atoms with E-state index in [4.69, 9.17) is 4.74 Å². The highest BCUT2D eigenvalue weighted by Crippen LogP contribution is 2.18. The van der Waals surface area contributed by atoms with Crippen LogP contribution in [0.2, 0.25) is 0 Å². The highest BCUT2D eigenvalue weighted by atomic mass is 16.6. The van der Waals surface area contributed by atoms with Crippen molar-refractivity contribution in [1.29, 1.82) is 0 Å². The maximum atomic E-state index is 12.2. The second-order valence-electron chi connectivity index (χ2n) is 5.81. The van der Waals surface area contributed by atoms with Crippen molar-refractivity contribution in [3.05, 3.63) is 52.5 Å². The molecule has 0 aliphatic carbocycles. The average Bonchev–Trinajstić information content (AvgIpc) is 3.12. The van der Waals surface area contributed by atoms with E-state index in [2.05, 4.69) is 25.7 Å². The van der Waals surface area contributed by atoms with Crippen LogP contribution in [0.4, 0.5) is 11.5 Å². The van der Waals surface area contributed by atoms with Gasteiger partial charge in [-0.05, 0) is 6.07 Å². The number of nitro groups is 1. The quantitative estimate of drug-likeness (QED) is 0.319. The van der Waals surface area contributed by atoms with Crippen molar-refractivity contribution in [3.8, 4) is 0 Å². The number of fused-ring (bicyclic) bond motifs is 1. The number of benzene rings is 1. The smallest absolute Gasteiger partial charge is 0.270 e. The van der Waals surface area contributed by atoms with Gasteiger partial charge in [-0.2, -0.15) is 5.10 Å². The third-order valence-corrected chi connectivity index (χ3v) is 3.96. The Morgan fingerprint density at radius 1 is 1.32 bits per heavy atom. The molecular weight excluding hydrogens is 366 g/mol. The molecule has 2 heterocycles. The van der Waals surface area contributed by atoms with Gasteiger partial charge in [0.1, 0.15) is 12.1 Å². The number of nitro benzene ring substituents is 1. The molecule has 0 unspecified atom stereocenters. The Hall–Kier alpha value is -3.60. The summed E-state index contributed by atoms with van der Waals surface area (Å²) < 4.78 is 6.67. The van der Waals surface area contributed by atoms with Gasteiger partial charge in [-0.1, -0.05) is 6.07 Å². The number of hydrogen-bond acceptors (Lipinski definition) is 8. The second kappa shape index (κ2) is 8.86. The van der Waals surface area contributed by atoms with Crippen molar-refractivity contribution < 1.29 is 14.5 Å². The average molecular weight is 385 g/mol. The summed E-state index contributed by atoms with van der Waals surface area (Å²) in [5, 5.41) is 21.8. The number of nitrogens with zero attached hydrogens (tertiary/aromatic N) is 5. The number of methoxy groups -OCH3 is 1. The Balaban J connectivity index is 1.62. The van der Waals surface area contributed by atoms with Crippen LogP contribution in [0, 0.1) is 10.1 Å². The van der Waals surface area contributed by atoms with Gasteiger partial charge >= 0.3 is 0 Å². The lowest BCUT2D eigenvalue weighted by Crippen LogP contribution is -2.27. The Labute approximate surface area is 159 Å². The second-order valence-corrected chi connectivity index (χ2v) is 5.81. The van der Waals surface area contributed by atoms with Crippen LogP contribution in [-0.4, -0.2) is 57.4 Å². The molecule has 0 saturated carbocycles. The molecule has 3 rings (SSSR count). The van der Waals surface area contributed by atoms with Gasteiger partial charge in [0.25, 0.3) is 11.6 Å². The topological polar surface area (TPSA) is 137 Å². The normalized spacial score (nSPS) is 10.8. The first kappa shape index (κ1) is 19.2. The number of anilines is 1. The van der Waals surface area contributed by atoms with E-state index in [1.54, 1.807) is 18.0 Å². The minimum atomic E-state index is -0.537. The van der Waals surface area contributed by atoms with Gasteiger partial charge in [0, 0.05) is 37.9 Å². The van der Waals surface area contributed by atoms with E-state index in [-0.39, 0.29) is 17.8 Å².